The highest BCUT2D eigenvalue weighted by Gasteiger charge is 2.44. The summed E-state index contributed by atoms with van der Waals surface area (Å²) >= 11 is 0. The lowest BCUT2D eigenvalue weighted by atomic mass is 10.0. The lowest BCUT2D eigenvalue weighted by Crippen LogP contribution is -2.34. The molecule has 0 fully saturated rings. The minimum Gasteiger partial charge on any atom is -0.415 e. The average molecular weight is 521 g/mol. The number of rotatable bonds is 6. The fourth-order valence-electron chi connectivity index (χ4n) is 3.88. The molecule has 0 unspecified atom stereocenters. The van der Waals surface area contributed by atoms with Gasteiger partial charge in [0.2, 0.25) is 15.9 Å². The zero-order valence-electron chi connectivity index (χ0n) is 18.0. The van der Waals surface area contributed by atoms with Crippen LogP contribution in [0.2, 0.25) is 0 Å². The Kier molecular flexibility index (Phi) is 6.02. The van der Waals surface area contributed by atoms with E-state index in [-0.39, 0.29) is 34.3 Å². The van der Waals surface area contributed by atoms with E-state index in [4.69, 9.17) is 4.42 Å². The molecule has 0 saturated carbocycles. The van der Waals surface area contributed by atoms with Crippen LogP contribution in [0.3, 0.4) is 0 Å². The molecule has 2 atom stereocenters. The number of sulfonamides is 1. The number of aromatic nitrogens is 4. The van der Waals surface area contributed by atoms with Gasteiger partial charge in [0.05, 0.1) is 34.7 Å². The quantitative estimate of drug-likeness (QED) is 0.381. The number of hydrogen-bond donors (Lipinski definition) is 1. The standard InChI is InChI=1S/C22H15F4N5O4S/c23-13-3-5-15(27-8-13)18(19(32)16-6-4-14(24)9-28-16)31-10-12-2-1-11(7-17(12)36(31,33)34)21-29-30-22(35-21)20(25)26/h1-9,18-20,32H,10H2/t18-,19-/m1/s1. The van der Waals surface area contributed by atoms with E-state index in [1.165, 1.54) is 30.3 Å². The van der Waals surface area contributed by atoms with Gasteiger partial charge < -0.3 is 9.52 Å². The van der Waals surface area contributed by atoms with Crippen LogP contribution in [-0.2, 0) is 16.6 Å². The topological polar surface area (TPSA) is 122 Å². The largest absolute Gasteiger partial charge is 0.415 e. The molecular formula is C22H15F4N5O4S. The molecule has 1 aliphatic heterocycles. The summed E-state index contributed by atoms with van der Waals surface area (Å²) in [7, 11) is -4.31. The van der Waals surface area contributed by atoms with Crippen LogP contribution in [0.15, 0.2) is 64.2 Å². The van der Waals surface area contributed by atoms with E-state index in [1.54, 1.807) is 0 Å². The first kappa shape index (κ1) is 24.0. The minimum absolute atomic E-state index is 0.0186. The molecule has 0 aliphatic carbocycles. The first-order chi connectivity index (χ1) is 17.1. The van der Waals surface area contributed by atoms with Gasteiger partial charge in [-0.1, -0.05) is 6.07 Å². The molecule has 1 aliphatic rings. The van der Waals surface area contributed by atoms with Crippen molar-refractivity contribution in [3.8, 4) is 11.5 Å². The molecule has 0 saturated heterocycles. The molecule has 0 spiro atoms. The molecule has 36 heavy (non-hydrogen) atoms. The highest BCUT2D eigenvalue weighted by Crippen LogP contribution is 2.43. The molecule has 9 nitrogen and oxygen atoms in total. The Morgan fingerprint density at radius 1 is 0.944 bits per heavy atom. The van der Waals surface area contributed by atoms with Crippen molar-refractivity contribution in [1.29, 1.82) is 0 Å². The smallest absolute Gasteiger partial charge is 0.314 e. The van der Waals surface area contributed by atoms with E-state index >= 15 is 0 Å². The van der Waals surface area contributed by atoms with Crippen molar-refractivity contribution in [3.05, 3.63) is 89.3 Å². The van der Waals surface area contributed by atoms with Crippen molar-refractivity contribution in [2.24, 2.45) is 0 Å². The summed E-state index contributed by atoms with van der Waals surface area (Å²) in [4.78, 5) is 7.62. The van der Waals surface area contributed by atoms with E-state index in [1.807, 2.05) is 0 Å². The van der Waals surface area contributed by atoms with Gasteiger partial charge in [-0.05, 0) is 42.0 Å². The number of aliphatic hydroxyl groups excluding tert-OH is 1. The maximum absolute atomic E-state index is 13.6. The summed E-state index contributed by atoms with van der Waals surface area (Å²) in [5, 5.41) is 17.9. The first-order valence-electron chi connectivity index (χ1n) is 10.3. The number of hydrogen-bond acceptors (Lipinski definition) is 8. The molecule has 14 heteroatoms. The van der Waals surface area contributed by atoms with Crippen molar-refractivity contribution in [1.82, 2.24) is 24.5 Å². The number of benzene rings is 1. The van der Waals surface area contributed by atoms with Crippen LogP contribution >= 0.6 is 0 Å². The molecule has 0 amide bonds. The second kappa shape index (κ2) is 9.04. The molecule has 4 aromatic rings. The number of fused-ring (bicyclic) bond motifs is 1. The van der Waals surface area contributed by atoms with E-state index in [0.717, 1.165) is 28.8 Å². The first-order valence-corrected chi connectivity index (χ1v) is 11.8. The van der Waals surface area contributed by atoms with E-state index in [0.29, 0.717) is 5.56 Å². The molecule has 4 heterocycles. The molecule has 5 rings (SSSR count). The van der Waals surface area contributed by atoms with E-state index in [2.05, 4.69) is 20.2 Å². The lowest BCUT2D eigenvalue weighted by molar-refractivity contribution is 0.0825. The van der Waals surface area contributed by atoms with Crippen LogP contribution in [0.4, 0.5) is 17.6 Å². The van der Waals surface area contributed by atoms with Gasteiger partial charge >= 0.3 is 6.43 Å². The van der Waals surface area contributed by atoms with E-state index < -0.39 is 46.1 Å². The van der Waals surface area contributed by atoms with Crippen LogP contribution in [0.5, 0.6) is 0 Å². The highest BCUT2D eigenvalue weighted by atomic mass is 32.2. The summed E-state index contributed by atoms with van der Waals surface area (Å²) in [6.45, 7) is -0.202. The summed E-state index contributed by atoms with van der Waals surface area (Å²) in [6, 6.07) is 7.25. The molecule has 1 aromatic carbocycles. The second-order valence-corrected chi connectivity index (χ2v) is 9.67. The fourth-order valence-corrected chi connectivity index (χ4v) is 5.70. The van der Waals surface area contributed by atoms with Crippen molar-refractivity contribution in [2.45, 2.75) is 30.0 Å². The van der Waals surface area contributed by atoms with Crippen LogP contribution < -0.4 is 0 Å². The summed E-state index contributed by atoms with van der Waals surface area (Å²) in [6.07, 6.45) is -2.86. The van der Waals surface area contributed by atoms with Crippen LogP contribution in [-0.4, -0.2) is 38.0 Å². The summed E-state index contributed by atoms with van der Waals surface area (Å²) < 4.78 is 85.6. The Morgan fingerprint density at radius 2 is 1.61 bits per heavy atom. The van der Waals surface area contributed by atoms with Crippen molar-refractivity contribution in [3.63, 3.8) is 0 Å². The van der Waals surface area contributed by atoms with Crippen molar-refractivity contribution in [2.75, 3.05) is 0 Å². The number of halogens is 4. The van der Waals surface area contributed by atoms with Crippen LogP contribution in [0.25, 0.3) is 11.5 Å². The SMILES string of the molecule is O=S1(=O)c2cc(-c3nnc(C(F)F)o3)ccc2CN1[C@H](c1ccc(F)cn1)[C@H](O)c1ccc(F)cn1. The van der Waals surface area contributed by atoms with Crippen molar-refractivity contribution < 1.29 is 35.5 Å². The minimum atomic E-state index is -4.31. The predicted molar refractivity (Wildman–Crippen MR) is 114 cm³/mol. The third-order valence-electron chi connectivity index (χ3n) is 5.57. The number of alkyl halides is 2. The van der Waals surface area contributed by atoms with Gasteiger partial charge in [-0.15, -0.1) is 10.2 Å². The van der Waals surface area contributed by atoms with E-state index in [9.17, 15) is 31.1 Å². The Hall–Kier alpha value is -3.75. The third kappa shape index (κ3) is 4.23. The Bertz CT molecular complexity index is 1510. The monoisotopic (exact) mass is 521 g/mol. The summed E-state index contributed by atoms with van der Waals surface area (Å²) in [5.74, 6) is -2.54. The Balaban J connectivity index is 1.56. The van der Waals surface area contributed by atoms with Gasteiger partial charge in [-0.3, -0.25) is 9.97 Å². The van der Waals surface area contributed by atoms with Gasteiger partial charge in [0, 0.05) is 12.1 Å². The lowest BCUT2D eigenvalue weighted by Gasteiger charge is -2.29. The Morgan fingerprint density at radius 3 is 2.19 bits per heavy atom. The number of aliphatic hydroxyl groups is 1. The van der Waals surface area contributed by atoms with Crippen LogP contribution in [0.1, 0.15) is 41.4 Å². The van der Waals surface area contributed by atoms with Gasteiger partial charge in [-0.25, -0.2) is 17.2 Å². The summed E-state index contributed by atoms with van der Waals surface area (Å²) in [5.41, 5.74) is 0.407. The molecule has 186 valence electrons. The Labute approximate surface area is 201 Å². The van der Waals surface area contributed by atoms with Gasteiger partial charge in [0.25, 0.3) is 5.89 Å². The fraction of sp³-hybridized carbons (Fsp3) is 0.182. The third-order valence-corrected chi connectivity index (χ3v) is 7.48. The highest BCUT2D eigenvalue weighted by molar-refractivity contribution is 7.89. The van der Waals surface area contributed by atoms with Gasteiger partial charge in [-0.2, -0.15) is 13.1 Å². The predicted octanol–water partition coefficient (Wildman–Crippen LogP) is 3.72. The molecule has 0 bridgehead atoms. The molecule has 1 N–H and O–H groups in total. The average Bonchev–Trinajstić information content (AvgIpc) is 3.44. The molecule has 3 aromatic heterocycles. The zero-order valence-corrected chi connectivity index (χ0v) is 18.8. The van der Waals surface area contributed by atoms with Gasteiger partial charge in [0.15, 0.2) is 0 Å². The molecule has 0 radical (unpaired) electrons. The van der Waals surface area contributed by atoms with Crippen LogP contribution in [0, 0.1) is 11.6 Å². The normalized spacial score (nSPS) is 16.7. The number of pyridine rings is 2. The maximum atomic E-state index is 13.6. The second-order valence-electron chi connectivity index (χ2n) is 7.81. The van der Waals surface area contributed by atoms with Gasteiger partial charge in [0.1, 0.15) is 17.7 Å². The number of nitrogens with zero attached hydrogens (tertiary/aromatic N) is 5. The zero-order chi connectivity index (χ0) is 25.6. The van der Waals surface area contributed by atoms with Crippen molar-refractivity contribution >= 4 is 10.0 Å². The molecular weight excluding hydrogens is 506 g/mol. The maximum Gasteiger partial charge on any atom is 0.314 e.